The molecule has 0 aliphatic carbocycles. The molecule has 0 saturated heterocycles. The Labute approximate surface area is 160 Å². The number of aryl methyl sites for hydroxylation is 1. The standard InChI is InChI=1S/C20H25N3O2S/c1-14(2)18-9-4-15(3)12-19(18)25-11-10-24-17-7-5-16(6-8-17)13-22-23-20(21)26/h4-9,12-14H,10-11H2,1-3H3,(H3,21,23,26). The van der Waals surface area contributed by atoms with Crippen LogP contribution in [0.3, 0.4) is 0 Å². The van der Waals surface area contributed by atoms with Crippen LogP contribution in [0.15, 0.2) is 47.6 Å². The molecule has 138 valence electrons. The molecule has 0 atom stereocenters. The van der Waals surface area contributed by atoms with E-state index >= 15 is 0 Å². The number of hydrogen-bond acceptors (Lipinski definition) is 4. The maximum atomic E-state index is 5.92. The van der Waals surface area contributed by atoms with Crippen LogP contribution in [0, 0.1) is 6.92 Å². The van der Waals surface area contributed by atoms with Crippen LogP contribution in [0.1, 0.15) is 36.5 Å². The average molecular weight is 372 g/mol. The van der Waals surface area contributed by atoms with Gasteiger partial charge in [-0.05, 0) is 72.1 Å². The zero-order valence-corrected chi connectivity index (χ0v) is 16.2. The first-order chi connectivity index (χ1) is 12.5. The van der Waals surface area contributed by atoms with Crippen LogP contribution < -0.4 is 20.6 Å². The third-order valence-corrected chi connectivity index (χ3v) is 3.76. The van der Waals surface area contributed by atoms with Crippen molar-refractivity contribution in [3.63, 3.8) is 0 Å². The Morgan fingerprint density at radius 1 is 1.15 bits per heavy atom. The van der Waals surface area contributed by atoms with E-state index in [-0.39, 0.29) is 5.11 Å². The van der Waals surface area contributed by atoms with Crippen LogP contribution in [0.5, 0.6) is 11.5 Å². The summed E-state index contributed by atoms with van der Waals surface area (Å²) in [6.07, 6.45) is 1.64. The maximum absolute atomic E-state index is 5.92. The molecule has 0 heterocycles. The van der Waals surface area contributed by atoms with Gasteiger partial charge in [0.05, 0.1) is 6.21 Å². The molecule has 0 amide bonds. The van der Waals surface area contributed by atoms with Gasteiger partial charge in [-0.2, -0.15) is 5.10 Å². The van der Waals surface area contributed by atoms with Crippen molar-refractivity contribution in [3.05, 3.63) is 59.2 Å². The summed E-state index contributed by atoms with van der Waals surface area (Å²) in [5.41, 5.74) is 11.1. The summed E-state index contributed by atoms with van der Waals surface area (Å²) in [7, 11) is 0. The van der Waals surface area contributed by atoms with E-state index in [2.05, 4.69) is 61.7 Å². The minimum Gasteiger partial charge on any atom is -0.490 e. The lowest BCUT2D eigenvalue weighted by Gasteiger charge is -2.15. The normalized spacial score (nSPS) is 10.9. The molecule has 3 N–H and O–H groups in total. The Bertz CT molecular complexity index is 758. The van der Waals surface area contributed by atoms with Crippen LogP contribution in [0.25, 0.3) is 0 Å². The monoisotopic (exact) mass is 371 g/mol. The predicted octanol–water partition coefficient (Wildman–Crippen LogP) is 3.74. The zero-order chi connectivity index (χ0) is 18.9. The highest BCUT2D eigenvalue weighted by Gasteiger charge is 2.08. The Kier molecular flexibility index (Phi) is 7.41. The van der Waals surface area contributed by atoms with Gasteiger partial charge in [0.15, 0.2) is 5.11 Å². The Balaban J connectivity index is 1.82. The van der Waals surface area contributed by atoms with E-state index in [0.29, 0.717) is 19.1 Å². The molecule has 0 aromatic heterocycles. The topological polar surface area (TPSA) is 68.9 Å². The maximum Gasteiger partial charge on any atom is 0.184 e. The van der Waals surface area contributed by atoms with Crippen molar-refractivity contribution < 1.29 is 9.47 Å². The number of nitrogens with two attached hydrogens (primary N) is 1. The van der Waals surface area contributed by atoms with Crippen LogP contribution >= 0.6 is 12.2 Å². The van der Waals surface area contributed by atoms with Gasteiger partial charge < -0.3 is 15.2 Å². The lowest BCUT2D eigenvalue weighted by Crippen LogP contribution is -2.23. The Hall–Kier alpha value is -2.60. The molecule has 0 radical (unpaired) electrons. The zero-order valence-electron chi connectivity index (χ0n) is 15.4. The average Bonchev–Trinajstić information content (AvgIpc) is 2.59. The summed E-state index contributed by atoms with van der Waals surface area (Å²) in [5.74, 6) is 2.13. The second-order valence-corrected chi connectivity index (χ2v) is 6.64. The van der Waals surface area contributed by atoms with Crippen molar-refractivity contribution >= 4 is 23.5 Å². The van der Waals surface area contributed by atoms with Crippen LogP contribution in [-0.4, -0.2) is 24.5 Å². The minimum absolute atomic E-state index is 0.135. The van der Waals surface area contributed by atoms with E-state index in [4.69, 9.17) is 15.2 Å². The highest BCUT2D eigenvalue weighted by molar-refractivity contribution is 7.80. The van der Waals surface area contributed by atoms with Crippen LogP contribution in [-0.2, 0) is 0 Å². The van der Waals surface area contributed by atoms with Gasteiger partial charge in [0.2, 0.25) is 0 Å². The molecule has 0 saturated carbocycles. The fourth-order valence-corrected chi connectivity index (χ4v) is 2.43. The fraction of sp³-hybridized carbons (Fsp3) is 0.300. The summed E-state index contributed by atoms with van der Waals surface area (Å²) in [6, 6.07) is 13.9. The van der Waals surface area contributed by atoms with E-state index in [1.165, 1.54) is 11.1 Å². The molecule has 2 aromatic carbocycles. The largest absolute Gasteiger partial charge is 0.490 e. The number of hydrogen-bond donors (Lipinski definition) is 2. The van der Waals surface area contributed by atoms with Gasteiger partial charge in [-0.3, -0.25) is 5.43 Å². The third kappa shape index (κ3) is 6.37. The molecule has 6 heteroatoms. The van der Waals surface area contributed by atoms with Crippen molar-refractivity contribution in [2.24, 2.45) is 10.8 Å². The number of thiocarbonyl (C=S) groups is 1. The van der Waals surface area contributed by atoms with Crippen molar-refractivity contribution in [1.82, 2.24) is 5.43 Å². The van der Waals surface area contributed by atoms with Gasteiger partial charge >= 0.3 is 0 Å². The molecule has 0 aliphatic heterocycles. The highest BCUT2D eigenvalue weighted by atomic mass is 32.1. The molecule has 0 aliphatic rings. The van der Waals surface area contributed by atoms with Gasteiger partial charge in [0, 0.05) is 0 Å². The second-order valence-electron chi connectivity index (χ2n) is 6.20. The number of benzene rings is 2. The van der Waals surface area contributed by atoms with Crippen molar-refractivity contribution in [1.29, 1.82) is 0 Å². The van der Waals surface area contributed by atoms with Crippen molar-refractivity contribution in [2.45, 2.75) is 26.7 Å². The minimum atomic E-state index is 0.135. The van der Waals surface area contributed by atoms with Crippen molar-refractivity contribution in [2.75, 3.05) is 13.2 Å². The summed E-state index contributed by atoms with van der Waals surface area (Å²) < 4.78 is 11.7. The first kappa shape index (κ1) is 19.7. The molecule has 0 bridgehead atoms. The third-order valence-electron chi connectivity index (χ3n) is 3.67. The van der Waals surface area contributed by atoms with Gasteiger partial charge in [-0.1, -0.05) is 26.0 Å². The lowest BCUT2D eigenvalue weighted by molar-refractivity contribution is 0.215. The van der Waals surface area contributed by atoms with E-state index in [0.717, 1.165) is 17.1 Å². The SMILES string of the molecule is Cc1ccc(C(C)C)c(OCCOc2ccc(C=NNC(N)=S)cc2)c1. The number of hydrazone groups is 1. The molecule has 2 aromatic rings. The van der Waals surface area contributed by atoms with Gasteiger partial charge in [0.1, 0.15) is 24.7 Å². The smallest absolute Gasteiger partial charge is 0.184 e. The van der Waals surface area contributed by atoms with Crippen LogP contribution in [0.4, 0.5) is 0 Å². The Morgan fingerprint density at radius 2 is 1.85 bits per heavy atom. The molecule has 0 unspecified atom stereocenters. The number of ether oxygens (including phenoxy) is 2. The highest BCUT2D eigenvalue weighted by Crippen LogP contribution is 2.27. The number of nitrogens with one attached hydrogen (secondary N) is 1. The second kappa shape index (κ2) is 9.77. The number of nitrogens with zero attached hydrogens (tertiary/aromatic N) is 1. The van der Waals surface area contributed by atoms with E-state index in [1.54, 1.807) is 6.21 Å². The van der Waals surface area contributed by atoms with E-state index < -0.39 is 0 Å². The predicted molar refractivity (Wildman–Crippen MR) is 110 cm³/mol. The van der Waals surface area contributed by atoms with Crippen molar-refractivity contribution in [3.8, 4) is 11.5 Å². The summed E-state index contributed by atoms with van der Waals surface area (Å²) in [5, 5.41) is 4.04. The first-order valence-electron chi connectivity index (χ1n) is 8.50. The summed E-state index contributed by atoms with van der Waals surface area (Å²) in [4.78, 5) is 0. The van der Waals surface area contributed by atoms with Gasteiger partial charge in [0.25, 0.3) is 0 Å². The molecule has 26 heavy (non-hydrogen) atoms. The molecule has 0 spiro atoms. The van der Waals surface area contributed by atoms with E-state index in [1.807, 2.05) is 24.3 Å². The Morgan fingerprint density at radius 3 is 2.50 bits per heavy atom. The fourth-order valence-electron chi connectivity index (χ4n) is 2.38. The first-order valence-corrected chi connectivity index (χ1v) is 8.91. The molecule has 2 rings (SSSR count). The van der Waals surface area contributed by atoms with Crippen LogP contribution in [0.2, 0.25) is 0 Å². The van der Waals surface area contributed by atoms with Gasteiger partial charge in [-0.15, -0.1) is 0 Å². The van der Waals surface area contributed by atoms with E-state index in [9.17, 15) is 0 Å². The molecular weight excluding hydrogens is 346 g/mol. The molecular formula is C20H25N3O2S. The quantitative estimate of drug-likeness (QED) is 0.320. The lowest BCUT2D eigenvalue weighted by atomic mass is 10.0. The molecule has 0 fully saturated rings. The summed E-state index contributed by atoms with van der Waals surface area (Å²) in [6.45, 7) is 7.35. The van der Waals surface area contributed by atoms with Gasteiger partial charge in [-0.25, -0.2) is 0 Å². The summed E-state index contributed by atoms with van der Waals surface area (Å²) >= 11 is 4.68. The number of rotatable bonds is 8. The molecule has 5 nitrogen and oxygen atoms in total.